The molecule has 0 aromatic heterocycles. The van der Waals surface area contributed by atoms with Crippen LogP contribution >= 0.6 is 0 Å². The lowest BCUT2D eigenvalue weighted by atomic mass is 9.90. The highest BCUT2D eigenvalue weighted by Crippen LogP contribution is 2.26. The molecule has 0 spiro atoms. The van der Waals surface area contributed by atoms with E-state index >= 15 is 0 Å². The van der Waals surface area contributed by atoms with Crippen molar-refractivity contribution in [1.29, 1.82) is 0 Å². The summed E-state index contributed by atoms with van der Waals surface area (Å²) in [5.74, 6) is -0.633. The van der Waals surface area contributed by atoms with Gasteiger partial charge in [0.1, 0.15) is 0 Å². The first-order valence-electron chi connectivity index (χ1n) is 6.22. The van der Waals surface area contributed by atoms with E-state index < -0.39 is 15.8 Å². The summed E-state index contributed by atoms with van der Waals surface area (Å²) in [5, 5.41) is 14.8. The Bertz CT molecular complexity index is 348. The summed E-state index contributed by atoms with van der Waals surface area (Å²) in [6.07, 6.45) is 2.51. The molecule has 0 amide bonds. The highest BCUT2D eigenvalue weighted by Gasteiger charge is 2.28. The van der Waals surface area contributed by atoms with Crippen LogP contribution in [0, 0.1) is 5.92 Å². The van der Waals surface area contributed by atoms with Crippen molar-refractivity contribution < 1.29 is 18.3 Å². The molecule has 0 aliphatic carbocycles. The molecule has 1 rings (SSSR count). The summed E-state index contributed by atoms with van der Waals surface area (Å²) < 4.78 is 26.7. The van der Waals surface area contributed by atoms with Gasteiger partial charge in [0.15, 0.2) is 5.79 Å². The van der Waals surface area contributed by atoms with Crippen molar-refractivity contribution in [3.63, 3.8) is 0 Å². The molecule has 6 nitrogen and oxygen atoms in total. The molecule has 0 aromatic carbocycles. The van der Waals surface area contributed by atoms with Crippen molar-refractivity contribution in [2.45, 2.75) is 32.0 Å². The third kappa shape index (κ3) is 6.10. The Morgan fingerprint density at radius 3 is 2.44 bits per heavy atom. The van der Waals surface area contributed by atoms with Crippen LogP contribution in [0.25, 0.3) is 0 Å². The van der Waals surface area contributed by atoms with Gasteiger partial charge < -0.3 is 14.7 Å². The Balaban J connectivity index is 2.29. The molecule has 1 aliphatic heterocycles. The Labute approximate surface area is 109 Å². The highest BCUT2D eigenvalue weighted by atomic mass is 32.2. The Morgan fingerprint density at radius 2 is 2.00 bits per heavy atom. The van der Waals surface area contributed by atoms with Gasteiger partial charge in [0.05, 0.1) is 5.75 Å². The van der Waals surface area contributed by atoms with Crippen LogP contribution in [0.3, 0.4) is 0 Å². The van der Waals surface area contributed by atoms with Gasteiger partial charge >= 0.3 is 0 Å². The van der Waals surface area contributed by atoms with Crippen molar-refractivity contribution in [2.75, 3.05) is 32.5 Å². The van der Waals surface area contributed by atoms with Crippen LogP contribution in [0.15, 0.2) is 0 Å². The molecule has 0 aromatic rings. The fourth-order valence-electron chi connectivity index (χ4n) is 2.29. The lowest BCUT2D eigenvalue weighted by molar-refractivity contribution is -0.184. The predicted octanol–water partition coefficient (Wildman–Crippen LogP) is -0.268. The van der Waals surface area contributed by atoms with Gasteiger partial charge in [-0.3, -0.25) is 0 Å². The Kier molecular flexibility index (Phi) is 5.54. The zero-order valence-electron chi connectivity index (χ0n) is 11.1. The molecule has 0 radical (unpaired) electrons. The zero-order valence-corrected chi connectivity index (χ0v) is 11.9. The Hall–Kier alpha value is -0.210. The first-order chi connectivity index (χ1) is 8.22. The van der Waals surface area contributed by atoms with Crippen LogP contribution in [0.5, 0.6) is 0 Å². The summed E-state index contributed by atoms with van der Waals surface area (Å²) in [4.78, 5) is 2.10. The molecule has 0 unspecified atom stereocenters. The maximum Gasteiger partial charge on any atom is 0.210 e. The normalized spacial score (nSPS) is 22.9. The smallest absolute Gasteiger partial charge is 0.210 e. The number of aliphatic hydroxyl groups is 1. The summed E-state index contributed by atoms with van der Waals surface area (Å²) in [6.45, 7) is 3.85. The Morgan fingerprint density at radius 1 is 1.44 bits per heavy atom. The van der Waals surface area contributed by atoms with Crippen molar-refractivity contribution >= 4 is 10.0 Å². The number of hydrogen-bond donors (Lipinski definition) is 2. The van der Waals surface area contributed by atoms with E-state index in [1.54, 1.807) is 6.92 Å². The molecule has 1 saturated heterocycles. The van der Waals surface area contributed by atoms with Crippen LogP contribution in [0.2, 0.25) is 0 Å². The van der Waals surface area contributed by atoms with Gasteiger partial charge in [-0.2, -0.15) is 0 Å². The minimum atomic E-state index is -3.37. The van der Waals surface area contributed by atoms with E-state index in [2.05, 4.69) is 4.90 Å². The number of piperidine rings is 1. The summed E-state index contributed by atoms with van der Waals surface area (Å²) in [7, 11) is -1.87. The second kappa shape index (κ2) is 6.29. The fraction of sp³-hybridized carbons (Fsp3) is 1.00. The maximum atomic E-state index is 10.9. The van der Waals surface area contributed by atoms with E-state index in [-0.39, 0.29) is 5.75 Å². The lowest BCUT2D eigenvalue weighted by Gasteiger charge is -2.34. The summed E-state index contributed by atoms with van der Waals surface area (Å²) in [6, 6.07) is 0. The van der Waals surface area contributed by atoms with Crippen LogP contribution < -0.4 is 5.14 Å². The van der Waals surface area contributed by atoms with Crippen molar-refractivity contribution in [1.82, 2.24) is 4.90 Å². The molecule has 1 fully saturated rings. The number of sulfonamides is 1. The quantitative estimate of drug-likeness (QED) is 0.653. The van der Waals surface area contributed by atoms with Gasteiger partial charge in [0.2, 0.25) is 10.0 Å². The lowest BCUT2D eigenvalue weighted by Crippen LogP contribution is -2.40. The monoisotopic (exact) mass is 280 g/mol. The van der Waals surface area contributed by atoms with Crippen molar-refractivity contribution in [3.05, 3.63) is 0 Å². The summed E-state index contributed by atoms with van der Waals surface area (Å²) in [5.41, 5.74) is 0. The van der Waals surface area contributed by atoms with E-state index in [1.807, 2.05) is 0 Å². The second-order valence-corrected chi connectivity index (χ2v) is 6.97. The zero-order chi connectivity index (χ0) is 13.8. The molecule has 1 atom stereocenters. The van der Waals surface area contributed by atoms with Crippen LogP contribution in [0.1, 0.15) is 26.2 Å². The van der Waals surface area contributed by atoms with Gasteiger partial charge in [-0.25, -0.2) is 13.6 Å². The van der Waals surface area contributed by atoms with E-state index in [0.717, 1.165) is 25.9 Å². The molecule has 0 bridgehead atoms. The molecule has 7 heteroatoms. The van der Waals surface area contributed by atoms with E-state index in [0.29, 0.717) is 18.9 Å². The highest BCUT2D eigenvalue weighted by molar-refractivity contribution is 7.89. The SMILES string of the molecule is CO[C@@](C)(O)CC1CCN(CCS(N)(=O)=O)CC1. The standard InChI is InChI=1S/C11H24N2O4S/c1-11(14,17-2)9-10-3-5-13(6-4-10)7-8-18(12,15)16/h10,14H,3-9H2,1-2H3,(H2,12,15,16)/t11-/m1/s1. The molecule has 1 heterocycles. The molecule has 18 heavy (non-hydrogen) atoms. The average molecular weight is 280 g/mol. The van der Waals surface area contributed by atoms with Gasteiger partial charge in [-0.15, -0.1) is 0 Å². The van der Waals surface area contributed by atoms with E-state index in [4.69, 9.17) is 9.88 Å². The number of nitrogens with two attached hydrogens (primary N) is 1. The first-order valence-corrected chi connectivity index (χ1v) is 7.94. The topological polar surface area (TPSA) is 92.9 Å². The van der Waals surface area contributed by atoms with Crippen LogP contribution in [0.4, 0.5) is 0 Å². The molecule has 108 valence electrons. The molecule has 3 N–H and O–H groups in total. The van der Waals surface area contributed by atoms with Gasteiger partial charge in [-0.1, -0.05) is 0 Å². The average Bonchev–Trinajstić information content (AvgIpc) is 2.27. The third-order valence-electron chi connectivity index (χ3n) is 3.51. The number of likely N-dealkylation sites (tertiary alicyclic amines) is 1. The number of methoxy groups -OCH3 is 1. The third-order valence-corrected chi connectivity index (χ3v) is 4.26. The maximum absolute atomic E-state index is 10.9. The summed E-state index contributed by atoms with van der Waals surface area (Å²) >= 11 is 0. The van der Waals surface area contributed by atoms with Crippen molar-refractivity contribution in [2.24, 2.45) is 11.1 Å². The van der Waals surface area contributed by atoms with Crippen LogP contribution in [-0.2, 0) is 14.8 Å². The van der Waals surface area contributed by atoms with Crippen LogP contribution in [-0.4, -0.2) is 56.7 Å². The second-order valence-electron chi connectivity index (χ2n) is 5.24. The van der Waals surface area contributed by atoms with E-state index in [9.17, 15) is 13.5 Å². The number of ether oxygens (including phenoxy) is 1. The minimum Gasteiger partial charge on any atom is -0.366 e. The molecule has 0 saturated carbocycles. The molecule has 1 aliphatic rings. The largest absolute Gasteiger partial charge is 0.366 e. The number of hydrogen-bond acceptors (Lipinski definition) is 5. The fourth-order valence-corrected chi connectivity index (χ4v) is 2.80. The molecular weight excluding hydrogens is 256 g/mol. The predicted molar refractivity (Wildman–Crippen MR) is 69.4 cm³/mol. The number of nitrogens with zero attached hydrogens (tertiary/aromatic N) is 1. The molecular formula is C11H24N2O4S. The van der Waals surface area contributed by atoms with E-state index in [1.165, 1.54) is 7.11 Å². The number of primary sulfonamides is 1. The van der Waals surface area contributed by atoms with Crippen molar-refractivity contribution in [3.8, 4) is 0 Å². The van der Waals surface area contributed by atoms with Gasteiger partial charge in [0.25, 0.3) is 0 Å². The number of rotatable bonds is 6. The van der Waals surface area contributed by atoms with Gasteiger partial charge in [0, 0.05) is 20.1 Å². The minimum absolute atomic E-state index is 0.00739. The first kappa shape index (κ1) is 15.8. The van der Waals surface area contributed by atoms with Gasteiger partial charge in [-0.05, 0) is 38.8 Å².